The van der Waals surface area contributed by atoms with E-state index in [1.54, 1.807) is 24.3 Å². The number of rotatable bonds is 5. The quantitative estimate of drug-likeness (QED) is 0.709. The molecule has 1 atom stereocenters. The third kappa shape index (κ3) is 5.48. The highest BCUT2D eigenvalue weighted by molar-refractivity contribution is 7.88. The fraction of sp³-hybridized carbons (Fsp3) is 0.273. The van der Waals surface area contributed by atoms with Crippen LogP contribution in [0.15, 0.2) is 30.3 Å². The lowest BCUT2D eigenvalue weighted by Crippen LogP contribution is -2.35. The molecule has 94 valence electrons. The summed E-state index contributed by atoms with van der Waals surface area (Å²) in [6.07, 6.45) is 4.25. The minimum absolute atomic E-state index is 0.162. The van der Waals surface area contributed by atoms with Gasteiger partial charge in [0.2, 0.25) is 10.0 Å². The molecule has 0 saturated heterocycles. The van der Waals surface area contributed by atoms with Crippen LogP contribution in [0.5, 0.6) is 5.75 Å². The van der Waals surface area contributed by atoms with Crippen molar-refractivity contribution in [2.75, 3.05) is 12.9 Å². The van der Waals surface area contributed by atoms with Crippen molar-refractivity contribution < 1.29 is 18.6 Å². The molecular weight excluding hydrogens is 242 g/mol. The number of phenolic OH excluding ortho intramolecular Hbond substituents is 1. The first-order valence-corrected chi connectivity index (χ1v) is 6.85. The van der Waals surface area contributed by atoms with Crippen molar-refractivity contribution in [1.82, 2.24) is 4.72 Å². The molecule has 1 aromatic carbocycles. The number of aliphatic hydroxyl groups is 1. The summed E-state index contributed by atoms with van der Waals surface area (Å²) in [6.45, 7) is -0.318. The maximum absolute atomic E-state index is 11.0. The minimum Gasteiger partial charge on any atom is -0.508 e. The maximum Gasteiger partial charge on any atom is 0.209 e. The zero-order valence-corrected chi connectivity index (χ0v) is 10.2. The van der Waals surface area contributed by atoms with E-state index >= 15 is 0 Å². The van der Waals surface area contributed by atoms with Crippen LogP contribution in [0, 0.1) is 0 Å². The molecule has 0 aliphatic carbocycles. The van der Waals surface area contributed by atoms with Gasteiger partial charge in [0, 0.05) is 0 Å². The first kappa shape index (κ1) is 13.7. The Bertz CT molecular complexity index is 479. The van der Waals surface area contributed by atoms with Gasteiger partial charge in [-0.3, -0.25) is 0 Å². The van der Waals surface area contributed by atoms with Gasteiger partial charge in [0.1, 0.15) is 5.75 Å². The second-order valence-electron chi connectivity index (χ2n) is 3.63. The summed E-state index contributed by atoms with van der Waals surface area (Å²) in [6, 6.07) is 5.76. The third-order valence-electron chi connectivity index (χ3n) is 1.98. The van der Waals surface area contributed by atoms with Crippen LogP contribution in [0.4, 0.5) is 0 Å². The van der Waals surface area contributed by atoms with E-state index in [-0.39, 0.29) is 12.4 Å². The summed E-state index contributed by atoms with van der Waals surface area (Å²) >= 11 is 0. The molecular formula is C11H15NO4S. The SMILES string of the molecule is CS(=O)(=O)N[C@@H](/C=C/c1ccc(O)cc1)CO. The Balaban J connectivity index is 2.71. The highest BCUT2D eigenvalue weighted by Gasteiger charge is 2.08. The van der Waals surface area contributed by atoms with E-state index in [1.807, 2.05) is 0 Å². The number of hydrogen-bond donors (Lipinski definition) is 3. The number of aliphatic hydroxyl groups excluding tert-OH is 1. The van der Waals surface area contributed by atoms with Gasteiger partial charge >= 0.3 is 0 Å². The van der Waals surface area contributed by atoms with Crippen LogP contribution in [0.2, 0.25) is 0 Å². The summed E-state index contributed by atoms with van der Waals surface area (Å²) in [7, 11) is -3.35. The fourth-order valence-corrected chi connectivity index (χ4v) is 1.93. The van der Waals surface area contributed by atoms with Crippen LogP contribution < -0.4 is 4.72 Å². The lowest BCUT2D eigenvalue weighted by atomic mass is 10.2. The smallest absolute Gasteiger partial charge is 0.209 e. The Hall–Kier alpha value is -1.37. The number of nitrogens with one attached hydrogen (secondary N) is 1. The van der Waals surface area contributed by atoms with Crippen molar-refractivity contribution in [2.45, 2.75) is 6.04 Å². The highest BCUT2D eigenvalue weighted by Crippen LogP contribution is 2.11. The van der Waals surface area contributed by atoms with E-state index in [1.165, 1.54) is 12.1 Å². The largest absolute Gasteiger partial charge is 0.508 e. The van der Waals surface area contributed by atoms with Crippen LogP contribution >= 0.6 is 0 Å². The van der Waals surface area contributed by atoms with Gasteiger partial charge in [0.15, 0.2) is 0 Å². The summed E-state index contributed by atoms with van der Waals surface area (Å²) in [4.78, 5) is 0. The summed E-state index contributed by atoms with van der Waals surface area (Å²) < 4.78 is 24.2. The average Bonchev–Trinajstić information content (AvgIpc) is 2.25. The van der Waals surface area contributed by atoms with Crippen molar-refractivity contribution in [3.05, 3.63) is 35.9 Å². The predicted octanol–water partition coefficient (Wildman–Crippen LogP) is 0.316. The molecule has 0 fully saturated rings. The topological polar surface area (TPSA) is 86.6 Å². The molecule has 6 heteroatoms. The summed E-state index contributed by atoms with van der Waals surface area (Å²) in [5.74, 6) is 0.162. The first-order chi connectivity index (χ1) is 7.90. The van der Waals surface area contributed by atoms with E-state index in [2.05, 4.69) is 4.72 Å². The number of benzene rings is 1. The van der Waals surface area contributed by atoms with Crippen molar-refractivity contribution in [1.29, 1.82) is 0 Å². The van der Waals surface area contributed by atoms with Gasteiger partial charge in [-0.1, -0.05) is 24.3 Å². The zero-order chi connectivity index (χ0) is 12.9. The molecule has 0 saturated carbocycles. The molecule has 0 bridgehead atoms. The summed E-state index contributed by atoms with van der Waals surface area (Å²) in [5, 5.41) is 18.1. The molecule has 1 aromatic rings. The monoisotopic (exact) mass is 257 g/mol. The van der Waals surface area contributed by atoms with E-state index in [9.17, 15) is 8.42 Å². The second-order valence-corrected chi connectivity index (χ2v) is 5.41. The van der Waals surface area contributed by atoms with Gasteiger partial charge < -0.3 is 10.2 Å². The van der Waals surface area contributed by atoms with Gasteiger partial charge in [-0.2, -0.15) is 0 Å². The number of hydrogen-bond acceptors (Lipinski definition) is 4. The predicted molar refractivity (Wildman–Crippen MR) is 66.0 cm³/mol. The average molecular weight is 257 g/mol. The van der Waals surface area contributed by atoms with Crippen molar-refractivity contribution in [3.63, 3.8) is 0 Å². The molecule has 5 nitrogen and oxygen atoms in total. The van der Waals surface area contributed by atoms with Crippen molar-refractivity contribution in [2.24, 2.45) is 0 Å². The molecule has 0 radical (unpaired) electrons. The molecule has 1 rings (SSSR count). The molecule has 3 N–H and O–H groups in total. The Morgan fingerprint density at radius 2 is 1.94 bits per heavy atom. The molecule has 0 spiro atoms. The van der Waals surface area contributed by atoms with Crippen LogP contribution in [-0.2, 0) is 10.0 Å². The van der Waals surface area contributed by atoms with Crippen LogP contribution in [0.1, 0.15) is 5.56 Å². The van der Waals surface area contributed by atoms with Gasteiger partial charge in [0.25, 0.3) is 0 Å². The Morgan fingerprint density at radius 1 is 1.35 bits per heavy atom. The molecule has 0 aliphatic rings. The first-order valence-electron chi connectivity index (χ1n) is 4.96. The highest BCUT2D eigenvalue weighted by atomic mass is 32.2. The Kier molecular flexibility index (Phi) is 4.68. The van der Waals surface area contributed by atoms with E-state index in [0.717, 1.165) is 11.8 Å². The molecule has 0 amide bonds. The van der Waals surface area contributed by atoms with Gasteiger partial charge in [-0.15, -0.1) is 0 Å². The van der Waals surface area contributed by atoms with E-state index < -0.39 is 16.1 Å². The van der Waals surface area contributed by atoms with Gasteiger partial charge in [-0.25, -0.2) is 13.1 Å². The number of phenols is 1. The van der Waals surface area contributed by atoms with E-state index in [0.29, 0.717) is 0 Å². The zero-order valence-electron chi connectivity index (χ0n) is 9.37. The third-order valence-corrected chi connectivity index (χ3v) is 2.71. The van der Waals surface area contributed by atoms with Gasteiger partial charge in [-0.05, 0) is 17.7 Å². The number of aromatic hydroxyl groups is 1. The van der Waals surface area contributed by atoms with Gasteiger partial charge in [0.05, 0.1) is 18.9 Å². The van der Waals surface area contributed by atoms with Crippen molar-refractivity contribution >= 4 is 16.1 Å². The molecule has 0 aliphatic heterocycles. The normalized spacial score (nSPS) is 14.0. The minimum atomic E-state index is -3.35. The van der Waals surface area contributed by atoms with Crippen molar-refractivity contribution in [3.8, 4) is 5.75 Å². The standard InChI is InChI=1S/C11H15NO4S/c1-17(15,16)12-10(8-13)5-2-9-3-6-11(14)7-4-9/h2-7,10,12-14H,8H2,1H3/b5-2+/t10-/m0/s1. The molecule has 0 aromatic heterocycles. The van der Waals surface area contributed by atoms with Crippen LogP contribution in [0.25, 0.3) is 6.08 Å². The maximum atomic E-state index is 11.0. The van der Waals surface area contributed by atoms with Crippen LogP contribution in [0.3, 0.4) is 0 Å². The Morgan fingerprint density at radius 3 is 2.41 bits per heavy atom. The molecule has 0 heterocycles. The lowest BCUT2D eigenvalue weighted by Gasteiger charge is -2.09. The lowest BCUT2D eigenvalue weighted by molar-refractivity contribution is 0.277. The second kappa shape index (κ2) is 5.81. The summed E-state index contributed by atoms with van der Waals surface area (Å²) in [5.41, 5.74) is 0.802. The fourth-order valence-electron chi connectivity index (χ4n) is 1.23. The molecule has 17 heavy (non-hydrogen) atoms. The number of sulfonamides is 1. The molecule has 0 unspecified atom stereocenters. The van der Waals surface area contributed by atoms with Crippen LogP contribution in [-0.4, -0.2) is 37.5 Å². The Labute approximate surface area is 100 Å². The van der Waals surface area contributed by atoms with E-state index in [4.69, 9.17) is 10.2 Å².